The zero-order chi connectivity index (χ0) is 14.4. The van der Waals surface area contributed by atoms with Crippen LogP contribution in [0.1, 0.15) is 40.0 Å². The molecule has 0 spiro atoms. The van der Waals surface area contributed by atoms with E-state index in [0.29, 0.717) is 17.8 Å². The maximum absolute atomic E-state index is 11.7. The van der Waals surface area contributed by atoms with Crippen LogP contribution in [-0.2, 0) is 14.3 Å². The molecule has 19 heavy (non-hydrogen) atoms. The number of rotatable bonds is 6. The zero-order valence-corrected chi connectivity index (χ0v) is 12.1. The molecule has 0 aromatic heterocycles. The molecule has 5 nitrogen and oxygen atoms in total. The number of carbonyl (C=O) groups is 2. The third kappa shape index (κ3) is 5.59. The van der Waals surface area contributed by atoms with Crippen molar-refractivity contribution in [2.24, 2.45) is 23.5 Å². The molecule has 1 amide bonds. The molecule has 1 fully saturated rings. The second kappa shape index (κ2) is 7.48. The molecule has 3 N–H and O–H groups in total. The lowest BCUT2D eigenvalue weighted by Gasteiger charge is -2.36. The van der Waals surface area contributed by atoms with Crippen molar-refractivity contribution in [3.8, 4) is 0 Å². The predicted molar refractivity (Wildman–Crippen MR) is 73.3 cm³/mol. The summed E-state index contributed by atoms with van der Waals surface area (Å²) in [5, 5.41) is 2.68. The first-order valence-corrected chi connectivity index (χ1v) is 7.08. The fourth-order valence-electron chi connectivity index (χ4n) is 2.75. The Morgan fingerprint density at radius 1 is 1.32 bits per heavy atom. The summed E-state index contributed by atoms with van der Waals surface area (Å²) in [5.41, 5.74) is 4.99. The van der Waals surface area contributed by atoms with Crippen molar-refractivity contribution in [1.29, 1.82) is 0 Å². The number of hydrogen-bond donors (Lipinski definition) is 2. The number of carbonyl (C=O) groups excluding carboxylic acids is 2. The molecule has 0 aromatic carbocycles. The molecule has 0 saturated heterocycles. The number of hydrogen-bond acceptors (Lipinski definition) is 4. The van der Waals surface area contributed by atoms with Crippen molar-refractivity contribution in [2.75, 3.05) is 13.1 Å². The second-order valence-electron chi connectivity index (χ2n) is 5.92. The van der Waals surface area contributed by atoms with Gasteiger partial charge < -0.3 is 10.5 Å². The number of amides is 1. The highest BCUT2D eigenvalue weighted by Gasteiger charge is 2.33. The average Bonchev–Trinajstić information content (AvgIpc) is 2.27. The van der Waals surface area contributed by atoms with Crippen molar-refractivity contribution in [3.05, 3.63) is 0 Å². The third-order valence-corrected chi connectivity index (χ3v) is 3.81. The van der Waals surface area contributed by atoms with Gasteiger partial charge in [-0.15, -0.1) is 0 Å². The van der Waals surface area contributed by atoms with E-state index in [9.17, 15) is 9.59 Å². The highest BCUT2D eigenvalue weighted by atomic mass is 16.5. The maximum atomic E-state index is 11.7. The minimum absolute atomic E-state index is 0.00375. The summed E-state index contributed by atoms with van der Waals surface area (Å²) in [5.74, 6) is 0.789. The van der Waals surface area contributed by atoms with Crippen molar-refractivity contribution in [3.63, 3.8) is 0 Å². The standard InChI is InChI=1S/C14H26N2O3/c1-9(2)11-5-4-10(3)6-12(11)19-14(18)8-16-7-13(15)17/h9-12,16H,4-8H2,1-3H3,(H2,15,17). The second-order valence-corrected chi connectivity index (χ2v) is 5.92. The molecule has 1 aliphatic carbocycles. The molecule has 1 rings (SSSR count). The summed E-state index contributed by atoms with van der Waals surface area (Å²) < 4.78 is 5.56. The van der Waals surface area contributed by atoms with Gasteiger partial charge in [0.2, 0.25) is 5.91 Å². The van der Waals surface area contributed by atoms with Gasteiger partial charge in [0, 0.05) is 0 Å². The van der Waals surface area contributed by atoms with E-state index in [0.717, 1.165) is 12.8 Å². The molecule has 0 heterocycles. The van der Waals surface area contributed by atoms with Crippen LogP contribution in [0.3, 0.4) is 0 Å². The van der Waals surface area contributed by atoms with Crippen LogP contribution in [0, 0.1) is 17.8 Å². The van der Waals surface area contributed by atoms with E-state index in [2.05, 4.69) is 26.1 Å². The Morgan fingerprint density at radius 3 is 2.58 bits per heavy atom. The maximum Gasteiger partial charge on any atom is 0.320 e. The molecule has 1 saturated carbocycles. The van der Waals surface area contributed by atoms with E-state index in [-0.39, 0.29) is 25.2 Å². The highest BCUT2D eigenvalue weighted by molar-refractivity contribution is 5.77. The molecule has 3 atom stereocenters. The predicted octanol–water partition coefficient (Wildman–Crippen LogP) is 1.07. The Hall–Kier alpha value is -1.10. The van der Waals surface area contributed by atoms with Crippen LogP contribution in [0.25, 0.3) is 0 Å². The summed E-state index contributed by atoms with van der Waals surface area (Å²) in [4.78, 5) is 22.3. The molecule has 0 radical (unpaired) electrons. The minimum Gasteiger partial charge on any atom is -0.461 e. The SMILES string of the molecule is CC1CCC(C(C)C)C(OC(=O)CNCC(N)=O)C1. The first-order chi connectivity index (χ1) is 8.90. The van der Waals surface area contributed by atoms with Gasteiger partial charge in [0.15, 0.2) is 0 Å². The topological polar surface area (TPSA) is 81.4 Å². The van der Waals surface area contributed by atoms with E-state index >= 15 is 0 Å². The summed E-state index contributed by atoms with van der Waals surface area (Å²) in [6.07, 6.45) is 3.26. The van der Waals surface area contributed by atoms with Gasteiger partial charge in [-0.25, -0.2) is 0 Å². The van der Waals surface area contributed by atoms with Crippen LogP contribution in [0.15, 0.2) is 0 Å². The van der Waals surface area contributed by atoms with Gasteiger partial charge in [0.25, 0.3) is 0 Å². The van der Waals surface area contributed by atoms with E-state index in [4.69, 9.17) is 10.5 Å². The van der Waals surface area contributed by atoms with E-state index < -0.39 is 5.91 Å². The molecule has 0 aliphatic heterocycles. The number of esters is 1. The molecule has 0 bridgehead atoms. The van der Waals surface area contributed by atoms with Crippen LogP contribution in [-0.4, -0.2) is 31.1 Å². The van der Waals surface area contributed by atoms with Crippen LogP contribution >= 0.6 is 0 Å². The van der Waals surface area contributed by atoms with Gasteiger partial charge >= 0.3 is 5.97 Å². The first kappa shape index (κ1) is 16.0. The molecule has 1 aliphatic rings. The number of primary amides is 1. The smallest absolute Gasteiger partial charge is 0.320 e. The van der Waals surface area contributed by atoms with Gasteiger partial charge in [-0.2, -0.15) is 0 Å². The van der Waals surface area contributed by atoms with Crippen LogP contribution in [0.2, 0.25) is 0 Å². The number of ether oxygens (including phenoxy) is 1. The van der Waals surface area contributed by atoms with Gasteiger partial charge in [-0.1, -0.05) is 27.2 Å². The molecular weight excluding hydrogens is 244 g/mol. The van der Waals surface area contributed by atoms with Gasteiger partial charge in [0.1, 0.15) is 6.10 Å². The Kier molecular flexibility index (Phi) is 6.28. The van der Waals surface area contributed by atoms with Crippen molar-refractivity contribution in [1.82, 2.24) is 5.32 Å². The van der Waals surface area contributed by atoms with E-state index in [1.807, 2.05) is 0 Å². The lowest BCUT2D eigenvalue weighted by molar-refractivity contribution is -0.154. The summed E-state index contributed by atoms with van der Waals surface area (Å²) in [7, 11) is 0. The Morgan fingerprint density at radius 2 is 2.00 bits per heavy atom. The quantitative estimate of drug-likeness (QED) is 0.707. The number of nitrogens with two attached hydrogens (primary N) is 1. The van der Waals surface area contributed by atoms with Crippen LogP contribution in [0.4, 0.5) is 0 Å². The molecule has 0 aromatic rings. The van der Waals surface area contributed by atoms with Crippen molar-refractivity contribution < 1.29 is 14.3 Å². The lowest BCUT2D eigenvalue weighted by Crippen LogP contribution is -2.39. The van der Waals surface area contributed by atoms with E-state index in [1.54, 1.807) is 0 Å². The first-order valence-electron chi connectivity index (χ1n) is 7.08. The normalized spacial score (nSPS) is 27.3. The molecule has 3 unspecified atom stereocenters. The van der Waals surface area contributed by atoms with E-state index in [1.165, 1.54) is 6.42 Å². The number of nitrogens with one attached hydrogen (secondary N) is 1. The van der Waals surface area contributed by atoms with Crippen LogP contribution in [0.5, 0.6) is 0 Å². The molecule has 110 valence electrons. The summed E-state index contributed by atoms with van der Waals surface area (Å²) in [6.45, 7) is 6.59. The zero-order valence-electron chi connectivity index (χ0n) is 12.1. The van der Waals surface area contributed by atoms with Crippen molar-refractivity contribution in [2.45, 2.75) is 46.1 Å². The highest BCUT2D eigenvalue weighted by Crippen LogP contribution is 2.35. The lowest BCUT2D eigenvalue weighted by atomic mass is 9.75. The Labute approximate surface area is 115 Å². The van der Waals surface area contributed by atoms with Gasteiger partial charge in [0.05, 0.1) is 13.1 Å². The largest absolute Gasteiger partial charge is 0.461 e. The summed E-state index contributed by atoms with van der Waals surface area (Å²) in [6, 6.07) is 0. The Bertz CT molecular complexity index is 318. The monoisotopic (exact) mass is 270 g/mol. The third-order valence-electron chi connectivity index (χ3n) is 3.81. The molecular formula is C14H26N2O3. The fourth-order valence-corrected chi connectivity index (χ4v) is 2.75. The Balaban J connectivity index is 2.42. The van der Waals surface area contributed by atoms with Crippen molar-refractivity contribution >= 4 is 11.9 Å². The van der Waals surface area contributed by atoms with Gasteiger partial charge in [-0.05, 0) is 30.6 Å². The van der Waals surface area contributed by atoms with Crippen LogP contribution < -0.4 is 11.1 Å². The fraction of sp³-hybridized carbons (Fsp3) is 0.857. The van der Waals surface area contributed by atoms with Gasteiger partial charge in [-0.3, -0.25) is 14.9 Å². The summed E-state index contributed by atoms with van der Waals surface area (Å²) >= 11 is 0. The molecule has 5 heteroatoms. The minimum atomic E-state index is -0.473. The average molecular weight is 270 g/mol.